The van der Waals surface area contributed by atoms with Gasteiger partial charge in [-0.3, -0.25) is 0 Å². The second kappa shape index (κ2) is 11.4. The van der Waals surface area contributed by atoms with Gasteiger partial charge in [0.05, 0.1) is 4.70 Å². The molecule has 0 amide bonds. The van der Waals surface area contributed by atoms with Gasteiger partial charge in [-0.05, 0) is 101 Å². The minimum atomic E-state index is 0.940. The first-order valence-corrected chi connectivity index (χ1v) is 19.3. The summed E-state index contributed by atoms with van der Waals surface area (Å²) in [4.78, 5) is 0. The maximum Gasteiger partial charge on any atom is 0.153 e. The van der Waals surface area contributed by atoms with E-state index in [0.717, 1.165) is 11.2 Å². The van der Waals surface area contributed by atoms with Crippen molar-refractivity contribution < 1.29 is 4.42 Å². The summed E-state index contributed by atoms with van der Waals surface area (Å²) >= 11 is 1.83. The molecule has 0 aliphatic rings. The summed E-state index contributed by atoms with van der Waals surface area (Å²) in [5.41, 5.74) is 9.44. The van der Waals surface area contributed by atoms with Gasteiger partial charge in [0.15, 0.2) is 5.58 Å². The van der Waals surface area contributed by atoms with Gasteiger partial charge in [-0.1, -0.05) is 158 Å². The number of rotatable bonds is 3. The standard InChI is InChI=1S/C52H30OS/c1-2-12-31(13-3-1)34-24-25-42(37-17-7-6-16-36(34)37)49-40-20-10-8-18-38(40)48(39-19-9-11-21-41(39)49)33-23-29-47-45(30-33)43-26-27-44-50-35-15-5-4-14-32(35)22-28-46(50)53-51(44)52(43)54-47/h1-30H. The van der Waals surface area contributed by atoms with Crippen LogP contribution in [0.15, 0.2) is 186 Å². The molecular formula is C52H30OS. The van der Waals surface area contributed by atoms with E-state index in [1.165, 1.54) is 107 Å². The van der Waals surface area contributed by atoms with Crippen LogP contribution in [0.3, 0.4) is 0 Å². The van der Waals surface area contributed by atoms with Crippen LogP contribution in [0.5, 0.6) is 0 Å². The van der Waals surface area contributed by atoms with Gasteiger partial charge in [-0.25, -0.2) is 0 Å². The van der Waals surface area contributed by atoms with Crippen molar-refractivity contribution in [2.45, 2.75) is 0 Å². The minimum Gasteiger partial charge on any atom is -0.455 e. The molecule has 0 atom stereocenters. The second-order valence-electron chi connectivity index (χ2n) is 14.3. The second-order valence-corrected chi connectivity index (χ2v) is 15.4. The Balaban J connectivity index is 1.11. The topological polar surface area (TPSA) is 13.1 Å². The molecule has 0 aliphatic carbocycles. The number of fused-ring (bicyclic) bond motifs is 12. The molecule has 0 saturated carbocycles. The summed E-state index contributed by atoms with van der Waals surface area (Å²) in [7, 11) is 0. The van der Waals surface area contributed by atoms with Crippen molar-refractivity contribution in [3.05, 3.63) is 182 Å². The van der Waals surface area contributed by atoms with Crippen molar-refractivity contribution >= 4 is 96.5 Å². The fraction of sp³-hybridized carbons (Fsp3) is 0. The molecule has 0 N–H and O–H groups in total. The van der Waals surface area contributed by atoms with E-state index in [0.29, 0.717) is 0 Å². The zero-order chi connectivity index (χ0) is 35.3. The predicted molar refractivity (Wildman–Crippen MR) is 233 cm³/mol. The van der Waals surface area contributed by atoms with Crippen LogP contribution in [0.1, 0.15) is 0 Å². The number of thiophene rings is 1. The lowest BCUT2D eigenvalue weighted by molar-refractivity contribution is 0.673. The van der Waals surface area contributed by atoms with Gasteiger partial charge >= 0.3 is 0 Å². The van der Waals surface area contributed by atoms with E-state index in [1.54, 1.807) is 0 Å². The van der Waals surface area contributed by atoms with Crippen LogP contribution in [0, 0.1) is 0 Å². The van der Waals surface area contributed by atoms with Crippen LogP contribution >= 0.6 is 11.3 Å². The van der Waals surface area contributed by atoms with Crippen molar-refractivity contribution in [3.8, 4) is 33.4 Å². The molecule has 2 heteroatoms. The van der Waals surface area contributed by atoms with Crippen LogP contribution in [0.2, 0.25) is 0 Å². The van der Waals surface area contributed by atoms with Crippen LogP contribution in [0.4, 0.5) is 0 Å². The summed E-state index contributed by atoms with van der Waals surface area (Å²) in [6.45, 7) is 0. The monoisotopic (exact) mass is 702 g/mol. The third kappa shape index (κ3) is 4.20. The Hall–Kier alpha value is -6.74. The lowest BCUT2D eigenvalue weighted by Gasteiger charge is -2.19. The quantitative estimate of drug-likeness (QED) is 0.167. The molecule has 250 valence electrons. The van der Waals surface area contributed by atoms with Crippen molar-refractivity contribution in [1.29, 1.82) is 0 Å². The molecule has 10 aromatic carbocycles. The van der Waals surface area contributed by atoms with Gasteiger partial charge in [0.25, 0.3) is 0 Å². The molecule has 0 bridgehead atoms. The van der Waals surface area contributed by atoms with Gasteiger partial charge in [0.2, 0.25) is 0 Å². The molecule has 0 fully saturated rings. The summed E-state index contributed by atoms with van der Waals surface area (Å²) in [6, 6.07) is 66.7. The molecule has 0 aliphatic heterocycles. The zero-order valence-corrected chi connectivity index (χ0v) is 30.0. The van der Waals surface area contributed by atoms with E-state index in [4.69, 9.17) is 4.42 Å². The molecular weight excluding hydrogens is 673 g/mol. The number of benzene rings is 10. The summed E-state index contributed by atoms with van der Waals surface area (Å²) in [5.74, 6) is 0. The minimum absolute atomic E-state index is 0.940. The molecule has 0 spiro atoms. The maximum atomic E-state index is 6.66. The van der Waals surface area contributed by atoms with Gasteiger partial charge in [-0.15, -0.1) is 11.3 Å². The highest BCUT2D eigenvalue weighted by molar-refractivity contribution is 7.26. The van der Waals surface area contributed by atoms with Crippen molar-refractivity contribution in [2.75, 3.05) is 0 Å². The largest absolute Gasteiger partial charge is 0.455 e. The molecule has 1 nitrogen and oxygen atoms in total. The molecule has 54 heavy (non-hydrogen) atoms. The Kier molecular flexibility index (Phi) is 6.28. The molecule has 0 radical (unpaired) electrons. The van der Waals surface area contributed by atoms with E-state index in [2.05, 4.69) is 182 Å². The number of hydrogen-bond donors (Lipinski definition) is 0. The van der Waals surface area contributed by atoms with Gasteiger partial charge in [0, 0.05) is 26.2 Å². The highest BCUT2D eigenvalue weighted by Crippen LogP contribution is 2.49. The van der Waals surface area contributed by atoms with E-state index >= 15 is 0 Å². The van der Waals surface area contributed by atoms with Gasteiger partial charge in [0.1, 0.15) is 5.58 Å². The van der Waals surface area contributed by atoms with Crippen molar-refractivity contribution in [3.63, 3.8) is 0 Å². The summed E-state index contributed by atoms with van der Waals surface area (Å²) < 4.78 is 9.13. The van der Waals surface area contributed by atoms with Crippen molar-refractivity contribution in [1.82, 2.24) is 0 Å². The SMILES string of the molecule is c1ccc(-c2ccc(-c3c4ccccc4c(-c4ccc5sc6c(ccc7c6oc6ccc8ccccc8c67)c5c4)c4ccccc34)c3ccccc23)cc1. The highest BCUT2D eigenvalue weighted by atomic mass is 32.1. The van der Waals surface area contributed by atoms with Crippen LogP contribution in [0.25, 0.3) is 119 Å². The Labute approximate surface area is 314 Å². The molecule has 12 aromatic rings. The molecule has 0 saturated heterocycles. The lowest BCUT2D eigenvalue weighted by Crippen LogP contribution is -1.92. The molecule has 12 rings (SSSR count). The average Bonchev–Trinajstić information content (AvgIpc) is 3.81. The first-order valence-electron chi connectivity index (χ1n) is 18.5. The first kappa shape index (κ1) is 29.8. The predicted octanol–water partition coefficient (Wildman–Crippen LogP) is 15.6. The van der Waals surface area contributed by atoms with Gasteiger partial charge < -0.3 is 4.42 Å². The fourth-order valence-corrected chi connectivity index (χ4v) is 10.3. The zero-order valence-electron chi connectivity index (χ0n) is 29.1. The highest BCUT2D eigenvalue weighted by Gasteiger charge is 2.21. The molecule has 2 aromatic heterocycles. The fourth-order valence-electron chi connectivity index (χ4n) is 9.11. The molecule has 2 heterocycles. The Morgan fingerprint density at radius 2 is 0.944 bits per heavy atom. The lowest BCUT2D eigenvalue weighted by atomic mass is 9.83. The Morgan fingerprint density at radius 1 is 0.352 bits per heavy atom. The van der Waals surface area contributed by atoms with E-state index in [-0.39, 0.29) is 0 Å². The first-order chi connectivity index (χ1) is 26.8. The number of furan rings is 1. The van der Waals surface area contributed by atoms with Crippen molar-refractivity contribution in [2.24, 2.45) is 0 Å². The van der Waals surface area contributed by atoms with E-state index < -0.39 is 0 Å². The van der Waals surface area contributed by atoms with Crippen LogP contribution in [-0.4, -0.2) is 0 Å². The normalized spacial score (nSPS) is 12.1. The van der Waals surface area contributed by atoms with Crippen LogP contribution < -0.4 is 0 Å². The third-order valence-electron chi connectivity index (χ3n) is 11.5. The smallest absolute Gasteiger partial charge is 0.153 e. The Morgan fingerprint density at radius 3 is 1.69 bits per heavy atom. The maximum absolute atomic E-state index is 6.66. The van der Waals surface area contributed by atoms with E-state index in [9.17, 15) is 0 Å². The number of hydrogen-bond acceptors (Lipinski definition) is 2. The van der Waals surface area contributed by atoms with Gasteiger partial charge in [-0.2, -0.15) is 0 Å². The average molecular weight is 703 g/mol. The molecule has 0 unspecified atom stereocenters. The summed E-state index contributed by atoms with van der Waals surface area (Å²) in [5, 5.41) is 14.9. The van der Waals surface area contributed by atoms with E-state index in [1.807, 2.05) is 11.3 Å². The summed E-state index contributed by atoms with van der Waals surface area (Å²) in [6.07, 6.45) is 0. The Bertz CT molecular complexity index is 3440. The van der Waals surface area contributed by atoms with Crippen LogP contribution in [-0.2, 0) is 0 Å². The third-order valence-corrected chi connectivity index (χ3v) is 12.6.